The van der Waals surface area contributed by atoms with Gasteiger partial charge >= 0.3 is 5.97 Å². The van der Waals surface area contributed by atoms with Gasteiger partial charge in [-0.25, -0.2) is 9.78 Å². The van der Waals surface area contributed by atoms with Crippen LogP contribution in [0.2, 0.25) is 0 Å². The van der Waals surface area contributed by atoms with Gasteiger partial charge in [-0.05, 0) is 19.8 Å². The molecule has 1 aliphatic rings. The van der Waals surface area contributed by atoms with Gasteiger partial charge in [0.25, 0.3) is 0 Å². The fourth-order valence-corrected chi connectivity index (χ4v) is 3.88. The number of anilines is 1. The number of rotatable bonds is 5. The van der Waals surface area contributed by atoms with E-state index in [4.69, 9.17) is 4.74 Å². The minimum absolute atomic E-state index is 0.0155. The molecule has 120 valence electrons. The molecule has 1 aliphatic heterocycles. The van der Waals surface area contributed by atoms with E-state index >= 15 is 0 Å². The smallest absolute Gasteiger partial charge is 0.350 e. The van der Waals surface area contributed by atoms with Crippen molar-refractivity contribution < 1.29 is 19.1 Å². The van der Waals surface area contributed by atoms with Gasteiger partial charge in [0.05, 0.1) is 12.3 Å². The van der Waals surface area contributed by atoms with E-state index in [1.165, 1.54) is 30.0 Å². The highest BCUT2D eigenvalue weighted by Crippen LogP contribution is 2.32. The van der Waals surface area contributed by atoms with Crippen LogP contribution in [0.4, 0.5) is 5.13 Å². The van der Waals surface area contributed by atoms with E-state index in [2.05, 4.69) is 4.98 Å². The van der Waals surface area contributed by atoms with Gasteiger partial charge in [-0.15, -0.1) is 0 Å². The number of aromatic nitrogens is 1. The van der Waals surface area contributed by atoms with E-state index in [1.54, 1.807) is 18.7 Å². The van der Waals surface area contributed by atoms with Crippen LogP contribution < -0.4 is 4.90 Å². The average molecular weight is 342 g/mol. The van der Waals surface area contributed by atoms with Crippen LogP contribution in [0.1, 0.15) is 35.6 Å². The number of esters is 1. The average Bonchev–Trinajstić information content (AvgIpc) is 3.00. The Morgan fingerprint density at radius 2 is 2.23 bits per heavy atom. The standard InChI is InChI=1S/C14H18N2O4S2/c1-4-20-13(19)12-8(2)15-14(22-12)16-6-10(5-11(16)18)7-21-9(3)17/h10H,4-7H2,1-3H3. The predicted molar refractivity (Wildman–Crippen MR) is 86.4 cm³/mol. The van der Waals surface area contributed by atoms with Crippen LogP contribution in [0.15, 0.2) is 0 Å². The van der Waals surface area contributed by atoms with E-state index in [1.807, 2.05) is 0 Å². The number of hydrogen-bond donors (Lipinski definition) is 0. The fourth-order valence-electron chi connectivity index (χ4n) is 2.20. The van der Waals surface area contributed by atoms with Gasteiger partial charge in [-0.2, -0.15) is 0 Å². The van der Waals surface area contributed by atoms with Gasteiger partial charge in [0.1, 0.15) is 4.88 Å². The van der Waals surface area contributed by atoms with Crippen LogP contribution >= 0.6 is 23.1 Å². The minimum atomic E-state index is -0.404. The van der Waals surface area contributed by atoms with Crippen molar-refractivity contribution in [3.63, 3.8) is 0 Å². The predicted octanol–water partition coefficient (Wildman–Crippen LogP) is 2.26. The molecule has 0 aromatic carbocycles. The number of carbonyl (C=O) groups excluding carboxylic acids is 3. The molecule has 22 heavy (non-hydrogen) atoms. The molecular formula is C14H18N2O4S2. The first-order chi connectivity index (χ1) is 10.4. The molecule has 0 spiro atoms. The number of aryl methyl sites for hydroxylation is 1. The molecule has 6 nitrogen and oxygen atoms in total. The Labute approximate surface area is 137 Å². The fraction of sp³-hybridized carbons (Fsp3) is 0.571. The van der Waals surface area contributed by atoms with E-state index in [0.29, 0.717) is 41.0 Å². The number of carbonyl (C=O) groups is 3. The van der Waals surface area contributed by atoms with Crippen LogP contribution in [0, 0.1) is 12.8 Å². The second-order valence-electron chi connectivity index (χ2n) is 5.01. The van der Waals surface area contributed by atoms with E-state index in [9.17, 15) is 14.4 Å². The summed E-state index contributed by atoms with van der Waals surface area (Å²) in [6, 6.07) is 0. The monoisotopic (exact) mass is 342 g/mol. The van der Waals surface area contributed by atoms with Crippen molar-refractivity contribution in [2.75, 3.05) is 23.8 Å². The van der Waals surface area contributed by atoms with E-state index in [-0.39, 0.29) is 16.9 Å². The molecule has 0 saturated carbocycles. The summed E-state index contributed by atoms with van der Waals surface area (Å²) in [5.41, 5.74) is 0.577. The van der Waals surface area contributed by atoms with Crippen molar-refractivity contribution in [3.05, 3.63) is 10.6 Å². The minimum Gasteiger partial charge on any atom is -0.462 e. The van der Waals surface area contributed by atoms with Gasteiger partial charge in [0, 0.05) is 25.6 Å². The third-order valence-corrected chi connectivity index (χ3v) is 5.41. The lowest BCUT2D eigenvalue weighted by atomic mass is 10.1. The summed E-state index contributed by atoms with van der Waals surface area (Å²) in [7, 11) is 0. The van der Waals surface area contributed by atoms with Crippen LogP contribution in [0.25, 0.3) is 0 Å². The summed E-state index contributed by atoms with van der Waals surface area (Å²) in [5, 5.41) is 0.585. The first-order valence-electron chi connectivity index (χ1n) is 7.00. The zero-order valence-corrected chi connectivity index (χ0v) is 14.4. The van der Waals surface area contributed by atoms with Crippen molar-refractivity contribution in [1.29, 1.82) is 0 Å². The Hall–Kier alpha value is -1.41. The maximum atomic E-state index is 12.1. The Morgan fingerprint density at radius 3 is 2.86 bits per heavy atom. The maximum Gasteiger partial charge on any atom is 0.350 e. The molecule has 0 N–H and O–H groups in total. The Bertz CT molecular complexity index is 600. The van der Waals surface area contributed by atoms with Crippen molar-refractivity contribution in [2.45, 2.75) is 27.2 Å². The molecule has 1 fully saturated rings. The number of hydrogen-bond acceptors (Lipinski definition) is 7. The second-order valence-corrected chi connectivity index (χ2v) is 7.18. The molecule has 1 atom stereocenters. The van der Waals surface area contributed by atoms with Gasteiger partial charge in [-0.3, -0.25) is 14.5 Å². The summed E-state index contributed by atoms with van der Waals surface area (Å²) in [5.74, 6) is 0.348. The van der Waals surface area contributed by atoms with Crippen LogP contribution in [0.5, 0.6) is 0 Å². The quantitative estimate of drug-likeness (QED) is 0.764. The van der Waals surface area contributed by atoms with Crippen LogP contribution in [0.3, 0.4) is 0 Å². The molecule has 8 heteroatoms. The topological polar surface area (TPSA) is 76.6 Å². The first-order valence-corrected chi connectivity index (χ1v) is 8.80. The van der Waals surface area contributed by atoms with Crippen LogP contribution in [-0.4, -0.2) is 40.9 Å². The molecule has 1 unspecified atom stereocenters. The zero-order valence-electron chi connectivity index (χ0n) is 12.7. The highest BCUT2D eigenvalue weighted by Gasteiger charge is 2.33. The Balaban J connectivity index is 2.09. The van der Waals surface area contributed by atoms with Crippen molar-refractivity contribution in [2.24, 2.45) is 5.92 Å². The van der Waals surface area contributed by atoms with Gasteiger partial charge in [0.15, 0.2) is 10.2 Å². The van der Waals surface area contributed by atoms with Gasteiger partial charge in [0.2, 0.25) is 5.91 Å². The molecule has 1 amide bonds. The first kappa shape index (κ1) is 17.0. The van der Waals surface area contributed by atoms with Gasteiger partial charge < -0.3 is 4.74 Å². The molecule has 0 aliphatic carbocycles. The van der Waals surface area contributed by atoms with E-state index < -0.39 is 5.97 Å². The number of amides is 1. The SMILES string of the molecule is CCOC(=O)c1sc(N2CC(CSC(C)=O)CC2=O)nc1C. The third kappa shape index (κ3) is 3.86. The number of thiazole rings is 1. The summed E-state index contributed by atoms with van der Waals surface area (Å²) in [6.45, 7) is 5.84. The summed E-state index contributed by atoms with van der Waals surface area (Å²) in [6.07, 6.45) is 0.410. The van der Waals surface area contributed by atoms with Crippen molar-refractivity contribution in [3.8, 4) is 0 Å². The number of ether oxygens (including phenoxy) is 1. The third-order valence-electron chi connectivity index (χ3n) is 3.20. The maximum absolute atomic E-state index is 12.1. The lowest BCUT2D eigenvalue weighted by Gasteiger charge is -2.12. The molecule has 1 saturated heterocycles. The highest BCUT2D eigenvalue weighted by molar-refractivity contribution is 8.13. The summed E-state index contributed by atoms with van der Waals surface area (Å²) in [4.78, 5) is 41.3. The normalized spacial score (nSPS) is 17.9. The summed E-state index contributed by atoms with van der Waals surface area (Å²) >= 11 is 2.42. The van der Waals surface area contributed by atoms with Crippen LogP contribution in [-0.2, 0) is 14.3 Å². The lowest BCUT2D eigenvalue weighted by molar-refractivity contribution is -0.117. The lowest BCUT2D eigenvalue weighted by Crippen LogP contribution is -2.24. The second kappa shape index (κ2) is 7.23. The molecule has 2 heterocycles. The molecule has 1 aromatic heterocycles. The molecular weight excluding hydrogens is 324 g/mol. The number of thioether (sulfide) groups is 1. The molecule has 1 aromatic rings. The zero-order chi connectivity index (χ0) is 16.3. The molecule has 0 radical (unpaired) electrons. The highest BCUT2D eigenvalue weighted by atomic mass is 32.2. The number of nitrogens with zero attached hydrogens (tertiary/aromatic N) is 2. The Morgan fingerprint density at radius 1 is 1.50 bits per heavy atom. The molecule has 0 bridgehead atoms. The van der Waals surface area contributed by atoms with Crippen molar-refractivity contribution >= 4 is 45.2 Å². The molecule has 2 rings (SSSR count). The largest absolute Gasteiger partial charge is 0.462 e. The van der Waals surface area contributed by atoms with Crippen molar-refractivity contribution in [1.82, 2.24) is 4.98 Å². The van der Waals surface area contributed by atoms with E-state index in [0.717, 1.165) is 0 Å². The Kier molecular flexibility index (Phi) is 5.57. The summed E-state index contributed by atoms with van der Waals surface area (Å²) < 4.78 is 4.98. The van der Waals surface area contributed by atoms with Gasteiger partial charge in [-0.1, -0.05) is 23.1 Å².